The van der Waals surface area contributed by atoms with Gasteiger partial charge in [0.1, 0.15) is 11.5 Å². The maximum absolute atomic E-state index is 5.63. The van der Waals surface area contributed by atoms with Crippen molar-refractivity contribution in [2.24, 2.45) is 0 Å². The number of nitrogens with one attached hydrogen (secondary N) is 1. The Hall–Kier alpha value is -2.17. The van der Waals surface area contributed by atoms with Gasteiger partial charge >= 0.3 is 0 Å². The van der Waals surface area contributed by atoms with Gasteiger partial charge < -0.3 is 19.2 Å². The lowest BCUT2D eigenvalue weighted by Crippen LogP contribution is -1.90. The molecule has 0 bridgehead atoms. The number of aryl methyl sites for hydroxylation is 1. The second kappa shape index (κ2) is 5.00. The van der Waals surface area contributed by atoms with Crippen LogP contribution < -0.4 is 14.8 Å². The van der Waals surface area contributed by atoms with E-state index >= 15 is 0 Å². The second-order valence-electron chi connectivity index (χ2n) is 3.75. The molecule has 0 saturated carbocycles. The van der Waals surface area contributed by atoms with Crippen molar-refractivity contribution in [2.45, 2.75) is 6.92 Å². The average Bonchev–Trinajstić information content (AvgIpc) is 2.79. The molecule has 2 aromatic rings. The van der Waals surface area contributed by atoms with Crippen molar-refractivity contribution in [3.8, 4) is 22.8 Å². The summed E-state index contributed by atoms with van der Waals surface area (Å²) in [5.41, 5.74) is 1.62. The quantitative estimate of drug-likeness (QED) is 0.901. The van der Waals surface area contributed by atoms with Gasteiger partial charge in [-0.1, -0.05) is 0 Å². The minimum absolute atomic E-state index is 0.479. The van der Waals surface area contributed by atoms with Gasteiger partial charge in [0.2, 0.25) is 0 Å². The van der Waals surface area contributed by atoms with E-state index in [1.54, 1.807) is 21.3 Å². The molecule has 2 rings (SSSR count). The van der Waals surface area contributed by atoms with Gasteiger partial charge in [-0.25, -0.2) is 0 Å². The Balaban J connectivity index is 2.56. The predicted molar refractivity (Wildman–Crippen MR) is 69.3 cm³/mol. The van der Waals surface area contributed by atoms with Crippen LogP contribution in [0.5, 0.6) is 11.5 Å². The minimum Gasteiger partial charge on any atom is -0.497 e. The number of oxazole rings is 1. The lowest BCUT2D eigenvalue weighted by atomic mass is 10.1. The van der Waals surface area contributed by atoms with Crippen molar-refractivity contribution >= 4 is 6.01 Å². The van der Waals surface area contributed by atoms with Gasteiger partial charge in [0.15, 0.2) is 5.76 Å². The number of benzene rings is 1. The monoisotopic (exact) mass is 248 g/mol. The molecule has 0 saturated heterocycles. The molecule has 0 aliphatic carbocycles. The van der Waals surface area contributed by atoms with Crippen LogP contribution in [0.3, 0.4) is 0 Å². The second-order valence-corrected chi connectivity index (χ2v) is 3.75. The van der Waals surface area contributed by atoms with Gasteiger partial charge in [0.05, 0.1) is 25.5 Å². The van der Waals surface area contributed by atoms with Gasteiger partial charge in [-0.2, -0.15) is 4.98 Å². The molecule has 0 unspecified atom stereocenters. The highest BCUT2D eigenvalue weighted by molar-refractivity contribution is 5.70. The highest BCUT2D eigenvalue weighted by atomic mass is 16.5. The zero-order valence-electron chi connectivity index (χ0n) is 10.9. The van der Waals surface area contributed by atoms with E-state index in [1.807, 2.05) is 25.1 Å². The summed E-state index contributed by atoms with van der Waals surface area (Å²) in [6.07, 6.45) is 0. The summed E-state index contributed by atoms with van der Waals surface area (Å²) in [6, 6.07) is 6.03. The van der Waals surface area contributed by atoms with E-state index in [9.17, 15) is 0 Å². The molecule has 5 nitrogen and oxygen atoms in total. The normalized spacial score (nSPS) is 10.2. The van der Waals surface area contributed by atoms with E-state index in [1.165, 1.54) is 0 Å². The molecule has 1 heterocycles. The van der Waals surface area contributed by atoms with Crippen LogP contribution in [0.1, 0.15) is 5.69 Å². The van der Waals surface area contributed by atoms with Crippen molar-refractivity contribution in [2.75, 3.05) is 26.6 Å². The third-order valence-electron chi connectivity index (χ3n) is 2.66. The fourth-order valence-electron chi connectivity index (χ4n) is 1.74. The minimum atomic E-state index is 0.479. The molecule has 5 heteroatoms. The van der Waals surface area contributed by atoms with Crippen LogP contribution in [0.4, 0.5) is 6.01 Å². The Morgan fingerprint density at radius 3 is 2.56 bits per heavy atom. The van der Waals surface area contributed by atoms with E-state index < -0.39 is 0 Å². The van der Waals surface area contributed by atoms with Crippen LogP contribution in [0, 0.1) is 6.92 Å². The number of ether oxygens (including phenoxy) is 2. The largest absolute Gasteiger partial charge is 0.497 e. The standard InChI is InChI=1S/C13H16N2O3/c1-8-12(18-13(14-2)15-8)10-7-9(16-3)5-6-11(10)17-4/h5-7H,1-4H3,(H,14,15). The smallest absolute Gasteiger partial charge is 0.295 e. The number of rotatable bonds is 4. The molecule has 1 aromatic heterocycles. The maximum atomic E-state index is 5.63. The van der Waals surface area contributed by atoms with E-state index in [0.717, 1.165) is 22.8 Å². The van der Waals surface area contributed by atoms with E-state index in [4.69, 9.17) is 13.9 Å². The van der Waals surface area contributed by atoms with Crippen molar-refractivity contribution in [3.05, 3.63) is 23.9 Å². The first-order valence-electron chi connectivity index (χ1n) is 5.57. The van der Waals surface area contributed by atoms with Crippen molar-refractivity contribution < 1.29 is 13.9 Å². The highest BCUT2D eigenvalue weighted by Gasteiger charge is 2.16. The summed E-state index contributed by atoms with van der Waals surface area (Å²) in [5.74, 6) is 2.14. The van der Waals surface area contributed by atoms with E-state index in [-0.39, 0.29) is 0 Å². The molecular formula is C13H16N2O3. The number of methoxy groups -OCH3 is 2. The van der Waals surface area contributed by atoms with Crippen LogP contribution in [0.25, 0.3) is 11.3 Å². The molecule has 0 radical (unpaired) electrons. The number of hydrogen-bond donors (Lipinski definition) is 1. The molecule has 0 aliphatic heterocycles. The Morgan fingerprint density at radius 2 is 2.00 bits per heavy atom. The molecular weight excluding hydrogens is 232 g/mol. The molecule has 0 spiro atoms. The van der Waals surface area contributed by atoms with Gasteiger partial charge in [-0.15, -0.1) is 0 Å². The summed E-state index contributed by atoms with van der Waals surface area (Å²) in [7, 11) is 5.01. The van der Waals surface area contributed by atoms with Crippen molar-refractivity contribution in [1.29, 1.82) is 0 Å². The van der Waals surface area contributed by atoms with E-state index in [0.29, 0.717) is 11.8 Å². The van der Waals surface area contributed by atoms with Gasteiger partial charge in [-0.3, -0.25) is 0 Å². The van der Waals surface area contributed by atoms with Gasteiger partial charge in [0, 0.05) is 7.05 Å². The lowest BCUT2D eigenvalue weighted by molar-refractivity contribution is 0.403. The third kappa shape index (κ3) is 2.11. The molecule has 0 fully saturated rings. The Morgan fingerprint density at radius 1 is 1.22 bits per heavy atom. The fraction of sp³-hybridized carbons (Fsp3) is 0.308. The molecule has 96 valence electrons. The van der Waals surface area contributed by atoms with Crippen LogP contribution in [0.15, 0.2) is 22.6 Å². The van der Waals surface area contributed by atoms with Gasteiger partial charge in [-0.05, 0) is 25.1 Å². The summed E-state index contributed by atoms with van der Waals surface area (Å²) < 4.78 is 16.2. The third-order valence-corrected chi connectivity index (χ3v) is 2.66. The first kappa shape index (κ1) is 12.3. The molecule has 0 amide bonds. The topological polar surface area (TPSA) is 56.5 Å². The Labute approximate surface area is 106 Å². The summed E-state index contributed by atoms with van der Waals surface area (Å²) >= 11 is 0. The molecule has 1 aromatic carbocycles. The number of anilines is 1. The SMILES string of the molecule is CNc1nc(C)c(-c2cc(OC)ccc2OC)o1. The molecule has 1 N–H and O–H groups in total. The van der Waals surface area contributed by atoms with Crippen molar-refractivity contribution in [1.82, 2.24) is 4.98 Å². The van der Waals surface area contributed by atoms with Crippen LogP contribution in [-0.4, -0.2) is 26.3 Å². The van der Waals surface area contributed by atoms with Crippen LogP contribution in [-0.2, 0) is 0 Å². The van der Waals surface area contributed by atoms with E-state index in [2.05, 4.69) is 10.3 Å². The van der Waals surface area contributed by atoms with Gasteiger partial charge in [0.25, 0.3) is 6.01 Å². The lowest BCUT2D eigenvalue weighted by Gasteiger charge is -2.08. The molecule has 0 atom stereocenters. The number of nitrogens with zero attached hydrogens (tertiary/aromatic N) is 1. The van der Waals surface area contributed by atoms with Crippen LogP contribution >= 0.6 is 0 Å². The molecule has 0 aliphatic rings. The zero-order valence-corrected chi connectivity index (χ0v) is 10.9. The number of hydrogen-bond acceptors (Lipinski definition) is 5. The highest BCUT2D eigenvalue weighted by Crippen LogP contribution is 2.36. The predicted octanol–water partition coefficient (Wildman–Crippen LogP) is 2.71. The summed E-state index contributed by atoms with van der Waals surface area (Å²) in [4.78, 5) is 4.26. The first-order valence-corrected chi connectivity index (χ1v) is 5.57. The first-order chi connectivity index (χ1) is 8.69. The summed E-state index contributed by atoms with van der Waals surface area (Å²) in [5, 5.41) is 2.87. The van der Waals surface area contributed by atoms with Crippen LogP contribution in [0.2, 0.25) is 0 Å². The fourth-order valence-corrected chi connectivity index (χ4v) is 1.74. The Kier molecular flexibility index (Phi) is 3.41. The average molecular weight is 248 g/mol. The molecule has 18 heavy (non-hydrogen) atoms. The zero-order chi connectivity index (χ0) is 13.1. The summed E-state index contributed by atoms with van der Waals surface area (Å²) in [6.45, 7) is 1.89. The number of aromatic nitrogens is 1. The maximum Gasteiger partial charge on any atom is 0.295 e. The van der Waals surface area contributed by atoms with Crippen molar-refractivity contribution in [3.63, 3.8) is 0 Å². The Bertz CT molecular complexity index is 549.